The van der Waals surface area contributed by atoms with E-state index in [2.05, 4.69) is 31.3 Å². The van der Waals surface area contributed by atoms with E-state index < -0.39 is 6.10 Å². The van der Waals surface area contributed by atoms with E-state index in [9.17, 15) is 5.11 Å². The Morgan fingerprint density at radius 2 is 1.43 bits per heavy atom. The van der Waals surface area contributed by atoms with Crippen molar-refractivity contribution < 1.29 is 5.11 Å². The summed E-state index contributed by atoms with van der Waals surface area (Å²) in [6.45, 7) is 4.44. The first-order valence-corrected chi connectivity index (χ1v) is 8.76. The van der Waals surface area contributed by atoms with Gasteiger partial charge in [-0.1, -0.05) is 86.8 Å². The molecule has 0 saturated heterocycles. The minimum Gasteiger partial charge on any atom is -0.386 e. The largest absolute Gasteiger partial charge is 0.386 e. The van der Waals surface area contributed by atoms with E-state index >= 15 is 0 Å². The zero-order valence-corrected chi connectivity index (χ0v) is 14.3. The minimum atomic E-state index is -0.549. The maximum Gasteiger partial charge on any atom is 0.0984 e. The summed E-state index contributed by atoms with van der Waals surface area (Å²) >= 11 is 0. The molecule has 2 N–H and O–H groups in total. The Hall–Kier alpha value is -1.64. The second-order valence-electron chi connectivity index (χ2n) is 6.31. The predicted molar refractivity (Wildman–Crippen MR) is 97.3 cm³/mol. The molecule has 0 bridgehead atoms. The molecule has 2 aromatic carbocycles. The zero-order valence-electron chi connectivity index (χ0n) is 14.3. The second-order valence-corrected chi connectivity index (χ2v) is 6.31. The molecule has 0 aliphatic heterocycles. The number of nitrogens with one attached hydrogen (secondary N) is 1. The average Bonchev–Trinajstić information content (AvgIpc) is 2.61. The molecule has 0 amide bonds. The highest BCUT2D eigenvalue weighted by molar-refractivity contribution is 5.26. The highest BCUT2D eigenvalue weighted by Gasteiger charge is 2.23. The van der Waals surface area contributed by atoms with Crippen LogP contribution in [0.1, 0.15) is 62.8 Å². The van der Waals surface area contributed by atoms with Gasteiger partial charge in [0.2, 0.25) is 0 Å². The van der Waals surface area contributed by atoms with Crippen LogP contribution >= 0.6 is 0 Å². The summed E-state index contributed by atoms with van der Waals surface area (Å²) in [5, 5.41) is 14.5. The molecule has 2 rings (SSSR count). The Labute approximate surface area is 140 Å². The summed E-state index contributed by atoms with van der Waals surface area (Å²) in [5.74, 6) is 0. The van der Waals surface area contributed by atoms with Gasteiger partial charge in [-0.15, -0.1) is 0 Å². The van der Waals surface area contributed by atoms with E-state index in [1.165, 1.54) is 19.3 Å². The number of hydrogen-bond donors (Lipinski definition) is 2. The van der Waals surface area contributed by atoms with Gasteiger partial charge in [0.1, 0.15) is 0 Å². The van der Waals surface area contributed by atoms with Crippen molar-refractivity contribution in [1.82, 2.24) is 5.32 Å². The third kappa shape index (κ3) is 5.49. The fraction of sp³-hybridized carbons (Fsp3) is 0.429. The normalized spacial score (nSPS) is 15.1. The van der Waals surface area contributed by atoms with Crippen LogP contribution in [0, 0.1) is 0 Å². The highest BCUT2D eigenvalue weighted by atomic mass is 16.3. The van der Waals surface area contributed by atoms with Crippen LogP contribution < -0.4 is 5.32 Å². The van der Waals surface area contributed by atoms with Crippen LogP contribution in [-0.2, 0) is 0 Å². The number of aliphatic hydroxyl groups is 1. The van der Waals surface area contributed by atoms with E-state index in [1.54, 1.807) is 0 Å². The number of aliphatic hydroxyl groups excluding tert-OH is 1. The summed E-state index contributed by atoms with van der Waals surface area (Å²) in [4.78, 5) is 0. The van der Waals surface area contributed by atoms with Crippen molar-refractivity contribution in [3.8, 4) is 0 Å². The Bertz CT molecular complexity index is 540. The van der Waals surface area contributed by atoms with Gasteiger partial charge in [0.25, 0.3) is 0 Å². The first-order valence-electron chi connectivity index (χ1n) is 8.76. The van der Waals surface area contributed by atoms with Gasteiger partial charge < -0.3 is 10.4 Å². The molecule has 23 heavy (non-hydrogen) atoms. The van der Waals surface area contributed by atoms with E-state index in [0.717, 1.165) is 17.5 Å². The molecule has 0 aliphatic rings. The molecule has 0 radical (unpaired) electrons. The van der Waals surface area contributed by atoms with Crippen LogP contribution in [0.3, 0.4) is 0 Å². The van der Waals surface area contributed by atoms with Crippen LogP contribution in [0.25, 0.3) is 0 Å². The fourth-order valence-electron chi connectivity index (χ4n) is 2.96. The SMILES string of the molecule is CCCCC[C@@H](C)N[C@H](c1ccccc1)[C@H](O)c1ccccc1. The smallest absolute Gasteiger partial charge is 0.0984 e. The molecule has 124 valence electrons. The van der Waals surface area contributed by atoms with Gasteiger partial charge in [0.15, 0.2) is 0 Å². The van der Waals surface area contributed by atoms with Crippen LogP contribution in [0.5, 0.6) is 0 Å². The van der Waals surface area contributed by atoms with Crippen molar-refractivity contribution in [2.75, 3.05) is 0 Å². The van der Waals surface area contributed by atoms with Crippen LogP contribution in [0.4, 0.5) is 0 Å². The van der Waals surface area contributed by atoms with Crippen LogP contribution in [0.2, 0.25) is 0 Å². The summed E-state index contributed by atoms with van der Waals surface area (Å²) in [6.07, 6.45) is 4.32. The molecule has 2 nitrogen and oxygen atoms in total. The third-order valence-electron chi connectivity index (χ3n) is 4.32. The lowest BCUT2D eigenvalue weighted by molar-refractivity contribution is 0.121. The van der Waals surface area contributed by atoms with Gasteiger partial charge in [0, 0.05) is 6.04 Å². The van der Waals surface area contributed by atoms with E-state index in [0.29, 0.717) is 6.04 Å². The number of rotatable bonds is 9. The molecule has 0 heterocycles. The van der Waals surface area contributed by atoms with Gasteiger partial charge in [-0.2, -0.15) is 0 Å². The monoisotopic (exact) mass is 311 g/mol. The first-order chi connectivity index (χ1) is 11.2. The quantitative estimate of drug-likeness (QED) is 0.637. The Balaban J connectivity index is 2.12. The summed E-state index contributed by atoms with van der Waals surface area (Å²) in [7, 11) is 0. The van der Waals surface area contributed by atoms with Gasteiger partial charge in [0.05, 0.1) is 12.1 Å². The van der Waals surface area contributed by atoms with Crippen LogP contribution in [0.15, 0.2) is 60.7 Å². The molecule has 0 aliphatic carbocycles. The topological polar surface area (TPSA) is 32.3 Å². The number of hydrogen-bond acceptors (Lipinski definition) is 2. The van der Waals surface area contributed by atoms with Crippen molar-refractivity contribution in [2.24, 2.45) is 0 Å². The molecule has 3 atom stereocenters. The summed E-state index contributed by atoms with van der Waals surface area (Å²) in [6, 6.07) is 20.5. The highest BCUT2D eigenvalue weighted by Crippen LogP contribution is 2.29. The summed E-state index contributed by atoms with van der Waals surface area (Å²) in [5.41, 5.74) is 2.08. The maximum absolute atomic E-state index is 10.9. The van der Waals surface area contributed by atoms with Gasteiger partial charge in [-0.25, -0.2) is 0 Å². The Kier molecular flexibility index (Phi) is 7.31. The Morgan fingerprint density at radius 1 is 0.870 bits per heavy atom. The minimum absolute atomic E-state index is 0.0878. The van der Waals surface area contributed by atoms with E-state index in [4.69, 9.17) is 0 Å². The lowest BCUT2D eigenvalue weighted by Crippen LogP contribution is -2.34. The number of benzene rings is 2. The van der Waals surface area contributed by atoms with Crippen molar-refractivity contribution >= 4 is 0 Å². The second kappa shape index (κ2) is 9.49. The molecule has 0 unspecified atom stereocenters. The molecule has 0 spiro atoms. The van der Waals surface area contributed by atoms with Crippen molar-refractivity contribution in [1.29, 1.82) is 0 Å². The fourth-order valence-corrected chi connectivity index (χ4v) is 2.96. The van der Waals surface area contributed by atoms with Crippen molar-refractivity contribution in [3.63, 3.8) is 0 Å². The predicted octanol–water partition coefficient (Wildman–Crippen LogP) is 5.02. The Morgan fingerprint density at radius 3 is 2.00 bits per heavy atom. The third-order valence-corrected chi connectivity index (χ3v) is 4.32. The maximum atomic E-state index is 10.9. The number of unbranched alkanes of at least 4 members (excludes halogenated alkanes) is 2. The molecule has 0 fully saturated rings. The van der Waals surface area contributed by atoms with Gasteiger partial charge in [-0.05, 0) is 24.5 Å². The molecular formula is C21H29NO. The van der Waals surface area contributed by atoms with Gasteiger partial charge >= 0.3 is 0 Å². The molecule has 2 heteroatoms. The van der Waals surface area contributed by atoms with E-state index in [1.807, 2.05) is 48.5 Å². The molecular weight excluding hydrogens is 282 g/mol. The molecule has 2 aromatic rings. The van der Waals surface area contributed by atoms with Gasteiger partial charge in [-0.3, -0.25) is 0 Å². The van der Waals surface area contributed by atoms with E-state index in [-0.39, 0.29) is 6.04 Å². The first kappa shape index (κ1) is 17.7. The molecule has 0 aromatic heterocycles. The average molecular weight is 311 g/mol. The zero-order chi connectivity index (χ0) is 16.5. The molecule has 0 saturated carbocycles. The lowest BCUT2D eigenvalue weighted by Gasteiger charge is -2.28. The van der Waals surface area contributed by atoms with Crippen molar-refractivity contribution in [2.45, 2.75) is 57.7 Å². The lowest BCUT2D eigenvalue weighted by atomic mass is 9.94. The standard InChI is InChI=1S/C21H29NO/c1-3-4-7-12-17(2)22-20(18-13-8-5-9-14-18)21(23)19-15-10-6-11-16-19/h5-6,8-11,13-17,20-23H,3-4,7,12H2,1-2H3/t17-,20-,21-/m1/s1. The summed E-state index contributed by atoms with van der Waals surface area (Å²) < 4.78 is 0. The van der Waals surface area contributed by atoms with Crippen LogP contribution in [-0.4, -0.2) is 11.1 Å². The van der Waals surface area contributed by atoms with Crippen molar-refractivity contribution in [3.05, 3.63) is 71.8 Å².